The van der Waals surface area contributed by atoms with Crippen LogP contribution in [0.2, 0.25) is 0 Å². The van der Waals surface area contributed by atoms with Gasteiger partial charge in [-0.3, -0.25) is 5.43 Å². The fraction of sp³-hybridized carbons (Fsp3) is 0.200. The molecule has 8 heteroatoms. The van der Waals surface area contributed by atoms with Crippen LogP contribution in [0.4, 0.5) is 5.13 Å². The van der Waals surface area contributed by atoms with Crippen molar-refractivity contribution < 1.29 is 18.9 Å². The molecule has 146 valence electrons. The molecule has 0 saturated carbocycles. The van der Waals surface area contributed by atoms with Crippen LogP contribution in [0.3, 0.4) is 0 Å². The summed E-state index contributed by atoms with van der Waals surface area (Å²) in [6.07, 6.45) is 1.69. The van der Waals surface area contributed by atoms with Crippen molar-refractivity contribution in [2.75, 3.05) is 33.9 Å². The minimum absolute atomic E-state index is 0.648. The molecule has 0 aliphatic heterocycles. The number of benzene rings is 2. The van der Waals surface area contributed by atoms with Crippen LogP contribution in [0.1, 0.15) is 5.56 Å². The van der Waals surface area contributed by atoms with Crippen molar-refractivity contribution in [2.45, 2.75) is 0 Å². The summed E-state index contributed by atoms with van der Waals surface area (Å²) in [5.41, 5.74) is 5.51. The summed E-state index contributed by atoms with van der Waals surface area (Å²) in [4.78, 5) is 4.57. The van der Waals surface area contributed by atoms with Crippen molar-refractivity contribution in [1.29, 1.82) is 0 Å². The van der Waals surface area contributed by atoms with E-state index in [2.05, 4.69) is 15.5 Å². The smallest absolute Gasteiger partial charge is 0.203 e. The highest BCUT2D eigenvalue weighted by Crippen LogP contribution is 2.34. The molecular formula is C20H21N3O4S. The fourth-order valence-electron chi connectivity index (χ4n) is 2.55. The second kappa shape index (κ2) is 9.09. The Hall–Kier alpha value is -3.26. The number of aromatic nitrogens is 1. The summed E-state index contributed by atoms with van der Waals surface area (Å²) in [6, 6.07) is 11.2. The van der Waals surface area contributed by atoms with Crippen LogP contribution in [0, 0.1) is 0 Å². The van der Waals surface area contributed by atoms with Crippen molar-refractivity contribution in [1.82, 2.24) is 4.98 Å². The molecule has 0 amide bonds. The predicted octanol–water partition coefficient (Wildman–Crippen LogP) is 4.29. The molecule has 1 aromatic heterocycles. The second-order valence-corrected chi connectivity index (χ2v) is 6.45. The molecule has 0 aliphatic carbocycles. The van der Waals surface area contributed by atoms with Gasteiger partial charge in [-0.05, 0) is 35.9 Å². The Labute approximate surface area is 167 Å². The Balaban J connectivity index is 1.72. The van der Waals surface area contributed by atoms with Gasteiger partial charge in [-0.25, -0.2) is 4.98 Å². The minimum atomic E-state index is 0.648. The van der Waals surface area contributed by atoms with Crippen LogP contribution in [-0.4, -0.2) is 39.6 Å². The lowest BCUT2D eigenvalue weighted by atomic mass is 10.1. The highest BCUT2D eigenvalue weighted by molar-refractivity contribution is 7.14. The van der Waals surface area contributed by atoms with E-state index in [1.54, 1.807) is 34.7 Å². The number of thiazole rings is 1. The predicted molar refractivity (Wildman–Crippen MR) is 111 cm³/mol. The van der Waals surface area contributed by atoms with Crippen LogP contribution in [0.5, 0.6) is 23.0 Å². The standard InChI is InChI=1S/C20H21N3O4S/c1-24-14-6-7-15(18(10-14)26-3)16-12-28-20(22-16)23-21-11-13-5-8-17(25-2)19(9-13)27-4/h5-12H,1-4H3,(H,22,23)/b21-11-. The normalized spacial score (nSPS) is 10.7. The zero-order valence-corrected chi connectivity index (χ0v) is 16.9. The zero-order chi connectivity index (χ0) is 19.9. The van der Waals surface area contributed by atoms with E-state index < -0.39 is 0 Å². The van der Waals surface area contributed by atoms with Crippen LogP contribution in [0.15, 0.2) is 46.9 Å². The number of nitrogens with one attached hydrogen (secondary N) is 1. The van der Waals surface area contributed by atoms with E-state index in [0.29, 0.717) is 22.4 Å². The van der Waals surface area contributed by atoms with Gasteiger partial charge in [0.1, 0.15) is 11.5 Å². The van der Waals surface area contributed by atoms with Gasteiger partial charge >= 0.3 is 0 Å². The summed E-state index contributed by atoms with van der Waals surface area (Å²) in [7, 11) is 6.44. The van der Waals surface area contributed by atoms with Crippen molar-refractivity contribution in [3.8, 4) is 34.3 Å². The molecule has 28 heavy (non-hydrogen) atoms. The molecule has 1 N–H and O–H groups in total. The highest BCUT2D eigenvalue weighted by atomic mass is 32.1. The van der Waals surface area contributed by atoms with E-state index in [1.807, 2.05) is 41.8 Å². The number of ether oxygens (including phenoxy) is 4. The molecule has 0 saturated heterocycles. The number of hydrazone groups is 1. The molecule has 0 radical (unpaired) electrons. The van der Waals surface area contributed by atoms with Crippen molar-refractivity contribution in [3.05, 3.63) is 47.3 Å². The van der Waals surface area contributed by atoms with Gasteiger partial charge in [-0.15, -0.1) is 11.3 Å². The molecule has 0 bridgehead atoms. The lowest BCUT2D eigenvalue weighted by Crippen LogP contribution is -1.94. The molecule has 7 nitrogen and oxygen atoms in total. The van der Waals surface area contributed by atoms with E-state index in [4.69, 9.17) is 18.9 Å². The third-order valence-electron chi connectivity index (χ3n) is 3.97. The molecule has 0 spiro atoms. The van der Waals surface area contributed by atoms with Crippen LogP contribution in [0.25, 0.3) is 11.3 Å². The fourth-order valence-corrected chi connectivity index (χ4v) is 3.21. The first-order chi connectivity index (χ1) is 13.7. The van der Waals surface area contributed by atoms with Gasteiger partial charge in [0.2, 0.25) is 5.13 Å². The average molecular weight is 399 g/mol. The molecular weight excluding hydrogens is 378 g/mol. The molecule has 1 heterocycles. The maximum atomic E-state index is 5.44. The van der Waals surface area contributed by atoms with Crippen molar-refractivity contribution in [3.63, 3.8) is 0 Å². The van der Waals surface area contributed by atoms with Crippen molar-refractivity contribution in [2.24, 2.45) is 5.10 Å². The van der Waals surface area contributed by atoms with E-state index in [-0.39, 0.29) is 0 Å². The molecule has 0 aliphatic rings. The topological polar surface area (TPSA) is 74.2 Å². The van der Waals surface area contributed by atoms with Crippen LogP contribution < -0.4 is 24.4 Å². The number of anilines is 1. The summed E-state index contributed by atoms with van der Waals surface area (Å²) >= 11 is 1.45. The Kier molecular flexibility index (Phi) is 6.33. The zero-order valence-electron chi connectivity index (χ0n) is 16.1. The van der Waals surface area contributed by atoms with Gasteiger partial charge in [-0.1, -0.05) is 0 Å². The van der Waals surface area contributed by atoms with Crippen LogP contribution in [-0.2, 0) is 0 Å². The number of hydrogen-bond acceptors (Lipinski definition) is 8. The molecule has 2 aromatic carbocycles. The first-order valence-corrected chi connectivity index (χ1v) is 9.25. The van der Waals surface area contributed by atoms with Gasteiger partial charge in [0.15, 0.2) is 11.5 Å². The lowest BCUT2D eigenvalue weighted by Gasteiger charge is -2.08. The lowest BCUT2D eigenvalue weighted by molar-refractivity contribution is 0.355. The first-order valence-electron chi connectivity index (χ1n) is 8.37. The van der Waals surface area contributed by atoms with E-state index in [9.17, 15) is 0 Å². The summed E-state index contributed by atoms with van der Waals surface area (Å²) in [6.45, 7) is 0. The Morgan fingerprint density at radius 3 is 2.39 bits per heavy atom. The molecule has 0 fully saturated rings. The highest BCUT2D eigenvalue weighted by Gasteiger charge is 2.11. The average Bonchev–Trinajstić information content (AvgIpc) is 3.21. The van der Waals surface area contributed by atoms with Gasteiger partial charge < -0.3 is 18.9 Å². The largest absolute Gasteiger partial charge is 0.497 e. The van der Waals surface area contributed by atoms with E-state index >= 15 is 0 Å². The quantitative estimate of drug-likeness (QED) is 0.450. The second-order valence-electron chi connectivity index (χ2n) is 5.59. The number of methoxy groups -OCH3 is 4. The molecule has 3 aromatic rings. The van der Waals surface area contributed by atoms with E-state index in [1.165, 1.54) is 11.3 Å². The summed E-state index contributed by atoms with van der Waals surface area (Å²) in [5, 5.41) is 6.86. The van der Waals surface area contributed by atoms with Gasteiger partial charge in [0.25, 0.3) is 0 Å². The molecule has 0 atom stereocenters. The third-order valence-corrected chi connectivity index (χ3v) is 4.72. The monoisotopic (exact) mass is 399 g/mol. The van der Waals surface area contributed by atoms with Gasteiger partial charge in [0, 0.05) is 17.0 Å². The third kappa shape index (κ3) is 4.34. The number of rotatable bonds is 8. The van der Waals surface area contributed by atoms with Gasteiger partial charge in [-0.2, -0.15) is 5.10 Å². The van der Waals surface area contributed by atoms with E-state index in [0.717, 1.165) is 22.6 Å². The molecule has 3 rings (SSSR count). The Morgan fingerprint density at radius 2 is 1.68 bits per heavy atom. The Bertz CT molecular complexity index is 972. The minimum Gasteiger partial charge on any atom is -0.497 e. The van der Waals surface area contributed by atoms with Crippen molar-refractivity contribution >= 4 is 22.7 Å². The van der Waals surface area contributed by atoms with Crippen LogP contribution >= 0.6 is 11.3 Å². The SMILES string of the molecule is COc1ccc(-c2csc(N/N=C\c3ccc(OC)c(OC)c3)n2)c(OC)c1. The number of hydrogen-bond donors (Lipinski definition) is 1. The Morgan fingerprint density at radius 1 is 0.893 bits per heavy atom. The van der Waals surface area contributed by atoms with Gasteiger partial charge in [0.05, 0.1) is 40.3 Å². The maximum absolute atomic E-state index is 5.44. The molecule has 0 unspecified atom stereocenters. The summed E-state index contributed by atoms with van der Waals surface area (Å²) in [5.74, 6) is 2.75. The maximum Gasteiger partial charge on any atom is 0.203 e. The number of nitrogens with zero attached hydrogens (tertiary/aromatic N) is 2. The summed E-state index contributed by atoms with van der Waals surface area (Å²) < 4.78 is 21.2. The first kappa shape index (κ1) is 19.5.